The zero-order chi connectivity index (χ0) is 13.4. The highest BCUT2D eigenvalue weighted by atomic mass is 16.4. The lowest BCUT2D eigenvalue weighted by molar-refractivity contribution is -0.132. The van der Waals surface area contributed by atoms with Gasteiger partial charge in [0, 0.05) is 11.5 Å². The quantitative estimate of drug-likeness (QED) is 0.572. The molecular formula is C16H22O2. The predicted octanol–water partition coefficient (Wildman–Crippen LogP) is 4.38. The van der Waals surface area contributed by atoms with Gasteiger partial charge in [0.25, 0.3) is 0 Å². The summed E-state index contributed by atoms with van der Waals surface area (Å²) >= 11 is 0. The van der Waals surface area contributed by atoms with Gasteiger partial charge in [-0.1, -0.05) is 62.6 Å². The molecule has 0 aromatic heterocycles. The molecule has 0 radical (unpaired) electrons. The van der Waals surface area contributed by atoms with E-state index in [1.807, 2.05) is 24.3 Å². The monoisotopic (exact) mass is 246 g/mol. The van der Waals surface area contributed by atoms with Gasteiger partial charge in [0.2, 0.25) is 0 Å². The van der Waals surface area contributed by atoms with Crippen LogP contribution in [0.1, 0.15) is 51.0 Å². The number of carbonyl (C=O) groups is 1. The highest BCUT2D eigenvalue weighted by Gasteiger charge is 2.10. The summed E-state index contributed by atoms with van der Waals surface area (Å²) in [5.74, 6) is -0.611. The van der Waals surface area contributed by atoms with E-state index in [0.717, 1.165) is 12.8 Å². The van der Waals surface area contributed by atoms with Gasteiger partial charge >= 0.3 is 5.97 Å². The number of carboxylic acid groups (broad SMARTS) is 1. The lowest BCUT2D eigenvalue weighted by Crippen LogP contribution is -2.02. The zero-order valence-electron chi connectivity index (χ0n) is 11.2. The highest BCUT2D eigenvalue weighted by molar-refractivity contribution is 5.85. The van der Waals surface area contributed by atoms with Gasteiger partial charge < -0.3 is 5.11 Å². The van der Waals surface area contributed by atoms with E-state index < -0.39 is 5.97 Å². The van der Waals surface area contributed by atoms with E-state index in [2.05, 4.69) is 19.1 Å². The van der Waals surface area contributed by atoms with Crippen molar-refractivity contribution in [3.05, 3.63) is 47.5 Å². The first-order chi connectivity index (χ1) is 8.65. The summed E-state index contributed by atoms with van der Waals surface area (Å²) in [6, 6.07) is 10.1. The molecule has 0 aliphatic carbocycles. The molecule has 2 heteroatoms. The van der Waals surface area contributed by atoms with Gasteiger partial charge in [-0.15, -0.1) is 0 Å². The fourth-order valence-corrected chi connectivity index (χ4v) is 2.03. The Bertz CT molecular complexity index is 393. The Morgan fingerprint density at radius 1 is 1.28 bits per heavy atom. The van der Waals surface area contributed by atoms with Crippen LogP contribution in [-0.4, -0.2) is 11.1 Å². The van der Waals surface area contributed by atoms with Crippen molar-refractivity contribution in [2.24, 2.45) is 0 Å². The Kier molecular flexibility index (Phi) is 6.20. The van der Waals surface area contributed by atoms with E-state index in [4.69, 9.17) is 5.11 Å². The summed E-state index contributed by atoms with van der Waals surface area (Å²) < 4.78 is 0. The number of aliphatic carboxylic acids is 1. The van der Waals surface area contributed by atoms with Gasteiger partial charge in [-0.25, -0.2) is 4.79 Å². The van der Waals surface area contributed by atoms with Crippen LogP contribution in [-0.2, 0) is 4.79 Å². The molecule has 1 rings (SSSR count). The number of unbranched alkanes of at least 4 members (excludes halogenated alkanes) is 2. The average Bonchev–Trinajstić information content (AvgIpc) is 2.38. The minimum atomic E-state index is -0.827. The van der Waals surface area contributed by atoms with E-state index in [1.54, 1.807) is 6.92 Å². The smallest absolute Gasteiger partial charge is 0.330 e. The van der Waals surface area contributed by atoms with E-state index in [1.165, 1.54) is 18.4 Å². The van der Waals surface area contributed by atoms with Gasteiger partial charge in [0.1, 0.15) is 0 Å². The number of benzene rings is 1. The standard InChI is InChI=1S/C16H22O2/c1-3-4-6-11-15(12-13(2)16(17)18)14-9-7-5-8-10-14/h5,7-10,12,15H,3-4,6,11H2,1-2H3,(H,17,18). The molecule has 1 unspecified atom stereocenters. The van der Waals surface area contributed by atoms with Crippen LogP contribution in [0.3, 0.4) is 0 Å². The number of carboxylic acids is 1. The van der Waals surface area contributed by atoms with Crippen molar-refractivity contribution in [1.29, 1.82) is 0 Å². The fraction of sp³-hybridized carbons (Fsp3) is 0.438. The molecule has 0 aliphatic rings. The van der Waals surface area contributed by atoms with Gasteiger partial charge in [-0.3, -0.25) is 0 Å². The topological polar surface area (TPSA) is 37.3 Å². The third kappa shape index (κ3) is 4.74. The van der Waals surface area contributed by atoms with Crippen LogP contribution in [0.15, 0.2) is 42.0 Å². The number of hydrogen-bond acceptors (Lipinski definition) is 1. The summed E-state index contributed by atoms with van der Waals surface area (Å²) in [5.41, 5.74) is 1.63. The van der Waals surface area contributed by atoms with E-state index >= 15 is 0 Å². The number of hydrogen-bond donors (Lipinski definition) is 1. The third-order valence-electron chi connectivity index (χ3n) is 3.13. The van der Waals surface area contributed by atoms with Crippen molar-refractivity contribution in [1.82, 2.24) is 0 Å². The van der Waals surface area contributed by atoms with Gasteiger partial charge in [0.15, 0.2) is 0 Å². The summed E-state index contributed by atoms with van der Waals surface area (Å²) in [4.78, 5) is 10.9. The molecule has 98 valence electrons. The summed E-state index contributed by atoms with van der Waals surface area (Å²) in [5, 5.41) is 8.98. The predicted molar refractivity (Wildman–Crippen MR) is 74.7 cm³/mol. The van der Waals surface area contributed by atoms with Gasteiger partial charge in [-0.2, -0.15) is 0 Å². The molecule has 0 heterocycles. The summed E-state index contributed by atoms with van der Waals surface area (Å²) in [7, 11) is 0. The Morgan fingerprint density at radius 3 is 2.50 bits per heavy atom. The molecular weight excluding hydrogens is 224 g/mol. The minimum Gasteiger partial charge on any atom is -0.478 e. The largest absolute Gasteiger partial charge is 0.478 e. The lowest BCUT2D eigenvalue weighted by Gasteiger charge is -2.14. The lowest BCUT2D eigenvalue weighted by atomic mass is 9.91. The first-order valence-electron chi connectivity index (χ1n) is 6.61. The molecule has 0 saturated carbocycles. The van der Waals surface area contributed by atoms with Crippen LogP contribution in [0, 0.1) is 0 Å². The number of rotatable bonds is 7. The maximum Gasteiger partial charge on any atom is 0.330 e. The molecule has 0 fully saturated rings. The fourth-order valence-electron chi connectivity index (χ4n) is 2.03. The van der Waals surface area contributed by atoms with Crippen LogP contribution in [0.25, 0.3) is 0 Å². The van der Waals surface area contributed by atoms with Crippen molar-refractivity contribution in [2.75, 3.05) is 0 Å². The molecule has 18 heavy (non-hydrogen) atoms. The van der Waals surface area contributed by atoms with Gasteiger partial charge in [-0.05, 0) is 18.9 Å². The first kappa shape index (κ1) is 14.5. The SMILES string of the molecule is CCCCCC(C=C(C)C(=O)O)c1ccccc1. The minimum absolute atomic E-state index is 0.217. The van der Waals surface area contributed by atoms with E-state index in [9.17, 15) is 4.79 Å². The average molecular weight is 246 g/mol. The van der Waals surface area contributed by atoms with Crippen molar-refractivity contribution < 1.29 is 9.90 Å². The van der Waals surface area contributed by atoms with E-state index in [0.29, 0.717) is 5.57 Å². The van der Waals surface area contributed by atoms with Crippen molar-refractivity contribution in [3.8, 4) is 0 Å². The molecule has 1 atom stereocenters. The van der Waals surface area contributed by atoms with Crippen LogP contribution >= 0.6 is 0 Å². The Labute approximate surface area is 109 Å². The zero-order valence-corrected chi connectivity index (χ0v) is 11.2. The Hall–Kier alpha value is -1.57. The molecule has 2 nitrogen and oxygen atoms in total. The van der Waals surface area contributed by atoms with Crippen molar-refractivity contribution in [2.45, 2.75) is 45.4 Å². The number of allylic oxidation sites excluding steroid dienone is 1. The third-order valence-corrected chi connectivity index (χ3v) is 3.13. The second-order valence-electron chi connectivity index (χ2n) is 4.67. The highest BCUT2D eigenvalue weighted by Crippen LogP contribution is 2.25. The normalized spacial score (nSPS) is 13.3. The molecule has 1 aromatic rings. The molecule has 0 aliphatic heterocycles. The Morgan fingerprint density at radius 2 is 1.94 bits per heavy atom. The van der Waals surface area contributed by atoms with Gasteiger partial charge in [0.05, 0.1) is 0 Å². The Balaban J connectivity index is 2.82. The van der Waals surface area contributed by atoms with E-state index in [-0.39, 0.29) is 5.92 Å². The second-order valence-corrected chi connectivity index (χ2v) is 4.67. The van der Waals surface area contributed by atoms with Crippen LogP contribution in [0.4, 0.5) is 0 Å². The summed E-state index contributed by atoms with van der Waals surface area (Å²) in [6.45, 7) is 3.84. The van der Waals surface area contributed by atoms with Crippen LogP contribution in [0.2, 0.25) is 0 Å². The van der Waals surface area contributed by atoms with Crippen LogP contribution < -0.4 is 0 Å². The first-order valence-corrected chi connectivity index (χ1v) is 6.61. The molecule has 1 aromatic carbocycles. The van der Waals surface area contributed by atoms with Crippen molar-refractivity contribution in [3.63, 3.8) is 0 Å². The molecule has 0 bridgehead atoms. The maximum atomic E-state index is 10.9. The maximum absolute atomic E-state index is 10.9. The van der Waals surface area contributed by atoms with Crippen LogP contribution in [0.5, 0.6) is 0 Å². The van der Waals surface area contributed by atoms with Crippen molar-refractivity contribution >= 4 is 5.97 Å². The molecule has 0 spiro atoms. The summed E-state index contributed by atoms with van der Waals surface area (Å²) in [6.07, 6.45) is 6.42. The second kappa shape index (κ2) is 7.70. The molecule has 1 N–H and O–H groups in total. The molecule has 0 saturated heterocycles. The molecule has 0 amide bonds.